The first-order valence-electron chi connectivity index (χ1n) is 6.53. The van der Waals surface area contributed by atoms with Gasteiger partial charge < -0.3 is 10.3 Å². The van der Waals surface area contributed by atoms with E-state index in [0.29, 0.717) is 12.5 Å². The number of aryl methyl sites for hydroxylation is 1. The van der Waals surface area contributed by atoms with Crippen LogP contribution in [0.3, 0.4) is 0 Å². The maximum Gasteiger partial charge on any atom is 0.112 e. The van der Waals surface area contributed by atoms with Crippen LogP contribution in [0.25, 0.3) is 11.0 Å². The first kappa shape index (κ1) is 13.4. The largest absolute Gasteiger partial charge is 0.330 e. The molecule has 18 heavy (non-hydrogen) atoms. The highest BCUT2D eigenvalue weighted by atomic mass is 35.5. The molecule has 0 bridgehead atoms. The van der Waals surface area contributed by atoms with Crippen LogP contribution in [0.15, 0.2) is 18.2 Å². The first-order valence-corrected chi connectivity index (χ1v) is 6.91. The second-order valence-corrected chi connectivity index (χ2v) is 5.17. The maximum atomic E-state index is 6.03. The number of rotatable bonds is 5. The molecule has 0 radical (unpaired) electrons. The third kappa shape index (κ3) is 2.52. The van der Waals surface area contributed by atoms with Crippen LogP contribution in [0.1, 0.15) is 38.4 Å². The van der Waals surface area contributed by atoms with Crippen LogP contribution in [-0.4, -0.2) is 16.1 Å². The molecule has 0 aliphatic carbocycles. The Hall–Kier alpha value is -1.06. The van der Waals surface area contributed by atoms with Crippen molar-refractivity contribution in [2.24, 2.45) is 5.73 Å². The fourth-order valence-corrected chi connectivity index (χ4v) is 2.50. The second-order valence-electron chi connectivity index (χ2n) is 4.73. The zero-order valence-electron chi connectivity index (χ0n) is 11.0. The molecule has 4 heteroatoms. The summed E-state index contributed by atoms with van der Waals surface area (Å²) < 4.78 is 2.30. The van der Waals surface area contributed by atoms with Crippen LogP contribution in [0, 0.1) is 0 Å². The fourth-order valence-electron chi connectivity index (χ4n) is 2.34. The van der Waals surface area contributed by atoms with Crippen molar-refractivity contribution in [3.8, 4) is 0 Å². The number of hydrogen-bond acceptors (Lipinski definition) is 2. The summed E-state index contributed by atoms with van der Waals surface area (Å²) in [6.45, 7) is 6.04. The number of nitrogens with zero attached hydrogens (tertiary/aromatic N) is 2. The lowest BCUT2D eigenvalue weighted by Gasteiger charge is -2.13. The van der Waals surface area contributed by atoms with Gasteiger partial charge in [0.15, 0.2) is 0 Å². The molecule has 0 aliphatic rings. The van der Waals surface area contributed by atoms with E-state index < -0.39 is 0 Å². The van der Waals surface area contributed by atoms with Gasteiger partial charge in [-0.15, -0.1) is 0 Å². The molecule has 1 aromatic heterocycles. The molecule has 0 aliphatic heterocycles. The predicted molar refractivity (Wildman–Crippen MR) is 77.1 cm³/mol. The normalized spacial score (nSPS) is 13.1. The molecule has 0 amide bonds. The summed E-state index contributed by atoms with van der Waals surface area (Å²) in [5.74, 6) is 1.51. The smallest absolute Gasteiger partial charge is 0.112 e. The van der Waals surface area contributed by atoms with Crippen LogP contribution in [0.4, 0.5) is 0 Å². The summed E-state index contributed by atoms with van der Waals surface area (Å²) in [5, 5.41) is 0.738. The quantitative estimate of drug-likeness (QED) is 0.898. The van der Waals surface area contributed by atoms with E-state index in [-0.39, 0.29) is 0 Å². The van der Waals surface area contributed by atoms with Crippen molar-refractivity contribution >= 4 is 22.6 Å². The molecule has 1 atom stereocenters. The highest BCUT2D eigenvalue weighted by Crippen LogP contribution is 2.26. The molecule has 0 saturated heterocycles. The van der Waals surface area contributed by atoms with Gasteiger partial charge in [-0.05, 0) is 37.6 Å². The minimum atomic E-state index is 0.382. The lowest BCUT2D eigenvalue weighted by atomic mass is 10.1. The van der Waals surface area contributed by atoms with Crippen LogP contribution >= 0.6 is 11.6 Å². The average molecular weight is 266 g/mol. The summed E-state index contributed by atoms with van der Waals surface area (Å²) >= 11 is 6.03. The van der Waals surface area contributed by atoms with E-state index in [0.717, 1.165) is 35.8 Å². The minimum absolute atomic E-state index is 0.382. The Kier molecular flexibility index (Phi) is 4.25. The lowest BCUT2D eigenvalue weighted by molar-refractivity contribution is 0.578. The summed E-state index contributed by atoms with van der Waals surface area (Å²) in [6, 6.07) is 5.91. The zero-order valence-corrected chi connectivity index (χ0v) is 11.7. The molecule has 2 N–H and O–H groups in total. The van der Waals surface area contributed by atoms with Crippen molar-refractivity contribution in [2.75, 3.05) is 6.54 Å². The van der Waals surface area contributed by atoms with Gasteiger partial charge in [-0.3, -0.25) is 0 Å². The average Bonchev–Trinajstić information content (AvgIpc) is 2.68. The number of benzene rings is 1. The Morgan fingerprint density at radius 1 is 1.44 bits per heavy atom. The summed E-state index contributed by atoms with van der Waals surface area (Å²) in [6.07, 6.45) is 2.05. The van der Waals surface area contributed by atoms with Crippen molar-refractivity contribution in [2.45, 2.75) is 39.2 Å². The summed E-state index contributed by atoms with van der Waals surface area (Å²) in [4.78, 5) is 4.73. The SMILES string of the molecule is CCCn1c(C(C)CCN)nc2cc(Cl)ccc21. The van der Waals surface area contributed by atoms with Crippen molar-refractivity contribution in [1.29, 1.82) is 0 Å². The van der Waals surface area contributed by atoms with Crippen LogP contribution in [0.5, 0.6) is 0 Å². The summed E-state index contributed by atoms with van der Waals surface area (Å²) in [5.41, 5.74) is 7.80. The fraction of sp³-hybridized carbons (Fsp3) is 0.500. The molecule has 98 valence electrons. The number of imidazole rings is 1. The second kappa shape index (κ2) is 5.72. The van der Waals surface area contributed by atoms with Gasteiger partial charge in [-0.25, -0.2) is 4.98 Å². The third-order valence-corrected chi connectivity index (χ3v) is 3.46. The number of aromatic nitrogens is 2. The molecular weight excluding hydrogens is 246 g/mol. The Morgan fingerprint density at radius 2 is 2.22 bits per heavy atom. The van der Waals surface area contributed by atoms with Gasteiger partial charge in [0.1, 0.15) is 5.82 Å². The molecule has 3 nitrogen and oxygen atoms in total. The van der Waals surface area contributed by atoms with Gasteiger partial charge in [0, 0.05) is 17.5 Å². The number of halogens is 1. The van der Waals surface area contributed by atoms with Crippen LogP contribution < -0.4 is 5.73 Å². The van der Waals surface area contributed by atoms with E-state index in [4.69, 9.17) is 22.3 Å². The van der Waals surface area contributed by atoms with Gasteiger partial charge in [0.25, 0.3) is 0 Å². The van der Waals surface area contributed by atoms with Crippen molar-refractivity contribution in [1.82, 2.24) is 9.55 Å². The van der Waals surface area contributed by atoms with E-state index in [1.807, 2.05) is 12.1 Å². The zero-order chi connectivity index (χ0) is 13.1. The van der Waals surface area contributed by atoms with E-state index in [9.17, 15) is 0 Å². The van der Waals surface area contributed by atoms with Crippen molar-refractivity contribution < 1.29 is 0 Å². The molecule has 1 unspecified atom stereocenters. The van der Waals surface area contributed by atoms with Gasteiger partial charge in [-0.1, -0.05) is 25.4 Å². The molecule has 1 aromatic carbocycles. The predicted octanol–water partition coefficient (Wildman–Crippen LogP) is 3.55. The monoisotopic (exact) mass is 265 g/mol. The Balaban J connectivity index is 2.53. The van der Waals surface area contributed by atoms with Crippen molar-refractivity contribution in [3.05, 3.63) is 29.0 Å². The van der Waals surface area contributed by atoms with E-state index in [2.05, 4.69) is 24.5 Å². The molecule has 0 spiro atoms. The van der Waals surface area contributed by atoms with Crippen molar-refractivity contribution in [3.63, 3.8) is 0 Å². The third-order valence-electron chi connectivity index (χ3n) is 3.23. The van der Waals surface area contributed by atoms with Crippen LogP contribution in [0.2, 0.25) is 5.02 Å². The van der Waals surface area contributed by atoms with Gasteiger partial charge >= 0.3 is 0 Å². The first-order chi connectivity index (χ1) is 8.67. The van der Waals surface area contributed by atoms with Gasteiger partial charge in [0.2, 0.25) is 0 Å². The standard InChI is InChI=1S/C14H20ClN3/c1-3-8-18-13-5-4-11(15)9-12(13)17-14(18)10(2)6-7-16/h4-5,9-10H,3,6-8,16H2,1-2H3. The topological polar surface area (TPSA) is 43.8 Å². The van der Waals surface area contributed by atoms with E-state index in [1.165, 1.54) is 5.52 Å². The summed E-state index contributed by atoms with van der Waals surface area (Å²) in [7, 11) is 0. The lowest BCUT2D eigenvalue weighted by Crippen LogP contribution is -2.11. The Labute approximate surface area is 113 Å². The molecular formula is C14H20ClN3. The number of hydrogen-bond donors (Lipinski definition) is 1. The maximum absolute atomic E-state index is 6.03. The molecule has 1 heterocycles. The molecule has 2 rings (SSSR count). The molecule has 2 aromatic rings. The highest BCUT2D eigenvalue weighted by molar-refractivity contribution is 6.31. The highest BCUT2D eigenvalue weighted by Gasteiger charge is 2.15. The molecule has 0 saturated carbocycles. The number of nitrogens with two attached hydrogens (primary N) is 1. The van der Waals surface area contributed by atoms with Crippen LogP contribution in [-0.2, 0) is 6.54 Å². The van der Waals surface area contributed by atoms with E-state index >= 15 is 0 Å². The number of fused-ring (bicyclic) bond motifs is 1. The van der Waals surface area contributed by atoms with E-state index in [1.54, 1.807) is 0 Å². The minimum Gasteiger partial charge on any atom is -0.330 e. The van der Waals surface area contributed by atoms with Gasteiger partial charge in [0.05, 0.1) is 11.0 Å². The Morgan fingerprint density at radius 3 is 2.89 bits per heavy atom. The Bertz CT molecular complexity index is 533. The molecule has 0 fully saturated rings. The van der Waals surface area contributed by atoms with Gasteiger partial charge in [-0.2, -0.15) is 0 Å².